The second-order valence-corrected chi connectivity index (χ2v) is 3.92. The SMILES string of the molecule is [CH](OC1CCCCC1)c1ccccc1. The third kappa shape index (κ3) is 2.85. The Kier molecular flexibility index (Phi) is 3.58. The fourth-order valence-electron chi connectivity index (χ4n) is 1.91. The van der Waals surface area contributed by atoms with E-state index in [0.29, 0.717) is 6.10 Å². The Morgan fingerprint density at radius 1 is 1.00 bits per heavy atom. The van der Waals surface area contributed by atoms with Crippen molar-refractivity contribution in [2.75, 3.05) is 0 Å². The highest BCUT2D eigenvalue weighted by Crippen LogP contribution is 2.21. The normalized spacial score (nSPS) is 18.3. The van der Waals surface area contributed by atoms with Crippen LogP contribution in [0.4, 0.5) is 0 Å². The molecule has 0 N–H and O–H groups in total. The molecule has 1 aromatic carbocycles. The second kappa shape index (κ2) is 5.16. The first-order valence-electron chi connectivity index (χ1n) is 5.49. The Morgan fingerprint density at radius 2 is 1.71 bits per heavy atom. The number of rotatable bonds is 3. The van der Waals surface area contributed by atoms with Gasteiger partial charge in [0.2, 0.25) is 0 Å². The highest BCUT2D eigenvalue weighted by Gasteiger charge is 2.13. The van der Waals surface area contributed by atoms with E-state index >= 15 is 0 Å². The highest BCUT2D eigenvalue weighted by atomic mass is 16.5. The standard InChI is InChI=1S/C13H17O/c1-3-7-12(8-4-1)11-14-13-9-5-2-6-10-13/h1,3-4,7-8,11,13H,2,5-6,9-10H2. The quantitative estimate of drug-likeness (QED) is 0.706. The van der Waals surface area contributed by atoms with Crippen molar-refractivity contribution in [3.63, 3.8) is 0 Å². The van der Waals surface area contributed by atoms with Gasteiger partial charge in [0.05, 0.1) is 6.10 Å². The van der Waals surface area contributed by atoms with Crippen LogP contribution in [0.1, 0.15) is 37.7 Å². The number of benzene rings is 1. The second-order valence-electron chi connectivity index (χ2n) is 3.92. The van der Waals surface area contributed by atoms with Gasteiger partial charge in [0.25, 0.3) is 0 Å². The van der Waals surface area contributed by atoms with Crippen molar-refractivity contribution < 1.29 is 4.74 Å². The lowest BCUT2D eigenvalue weighted by molar-refractivity contribution is 0.0816. The summed E-state index contributed by atoms with van der Waals surface area (Å²) in [6, 6.07) is 10.2. The smallest absolute Gasteiger partial charge is 0.113 e. The summed E-state index contributed by atoms with van der Waals surface area (Å²) in [5.74, 6) is 0. The molecule has 0 saturated heterocycles. The van der Waals surface area contributed by atoms with Crippen LogP contribution in [0, 0.1) is 6.61 Å². The molecule has 1 heteroatoms. The summed E-state index contributed by atoms with van der Waals surface area (Å²) < 4.78 is 5.74. The Morgan fingerprint density at radius 3 is 2.43 bits per heavy atom. The molecule has 2 rings (SSSR count). The lowest BCUT2D eigenvalue weighted by atomic mass is 9.98. The minimum atomic E-state index is 0.462. The fraction of sp³-hybridized carbons (Fsp3) is 0.462. The van der Waals surface area contributed by atoms with Crippen molar-refractivity contribution in [2.24, 2.45) is 0 Å². The monoisotopic (exact) mass is 189 g/mol. The first-order chi connectivity index (χ1) is 6.95. The van der Waals surface area contributed by atoms with Crippen molar-refractivity contribution in [2.45, 2.75) is 38.2 Å². The largest absolute Gasteiger partial charge is 0.367 e. The predicted octanol–water partition coefficient (Wildman–Crippen LogP) is 3.55. The molecule has 1 aliphatic rings. The van der Waals surface area contributed by atoms with Gasteiger partial charge >= 0.3 is 0 Å². The Balaban J connectivity index is 1.76. The summed E-state index contributed by atoms with van der Waals surface area (Å²) >= 11 is 0. The van der Waals surface area contributed by atoms with E-state index in [9.17, 15) is 0 Å². The van der Waals surface area contributed by atoms with Gasteiger partial charge in [-0.3, -0.25) is 0 Å². The van der Waals surface area contributed by atoms with Crippen LogP contribution in [-0.2, 0) is 4.74 Å². The summed E-state index contributed by atoms with van der Waals surface area (Å²) in [6.45, 7) is 1.90. The van der Waals surface area contributed by atoms with E-state index < -0.39 is 0 Å². The van der Waals surface area contributed by atoms with Crippen LogP contribution < -0.4 is 0 Å². The summed E-state index contributed by atoms with van der Waals surface area (Å²) in [7, 11) is 0. The van der Waals surface area contributed by atoms with Gasteiger partial charge < -0.3 is 4.74 Å². The molecule has 1 aliphatic carbocycles. The van der Waals surface area contributed by atoms with Gasteiger partial charge in [0, 0.05) is 0 Å². The zero-order chi connectivity index (χ0) is 9.64. The zero-order valence-electron chi connectivity index (χ0n) is 8.49. The van der Waals surface area contributed by atoms with E-state index in [1.54, 1.807) is 0 Å². The van der Waals surface area contributed by atoms with Crippen LogP contribution in [0.2, 0.25) is 0 Å². The van der Waals surface area contributed by atoms with Gasteiger partial charge in [-0.15, -0.1) is 0 Å². The molecular weight excluding hydrogens is 172 g/mol. The number of hydrogen-bond acceptors (Lipinski definition) is 1. The Hall–Kier alpha value is -0.820. The molecule has 75 valence electrons. The average molecular weight is 189 g/mol. The molecule has 0 bridgehead atoms. The molecule has 14 heavy (non-hydrogen) atoms. The van der Waals surface area contributed by atoms with Crippen LogP contribution in [0.3, 0.4) is 0 Å². The molecule has 1 nitrogen and oxygen atoms in total. The third-order valence-electron chi connectivity index (χ3n) is 2.75. The van der Waals surface area contributed by atoms with Gasteiger partial charge in [-0.2, -0.15) is 0 Å². The van der Waals surface area contributed by atoms with Crippen molar-refractivity contribution >= 4 is 0 Å². The highest BCUT2D eigenvalue weighted by molar-refractivity contribution is 5.19. The minimum absolute atomic E-state index is 0.462. The van der Waals surface area contributed by atoms with Gasteiger partial charge in [0.15, 0.2) is 0 Å². The molecule has 1 fully saturated rings. The van der Waals surface area contributed by atoms with Gasteiger partial charge in [-0.05, 0) is 18.4 Å². The molecular formula is C13H17O. The van der Waals surface area contributed by atoms with Crippen molar-refractivity contribution in [1.82, 2.24) is 0 Å². The maximum absolute atomic E-state index is 5.74. The molecule has 0 atom stereocenters. The maximum atomic E-state index is 5.74. The number of hydrogen-bond donors (Lipinski definition) is 0. The molecule has 0 unspecified atom stereocenters. The number of ether oxygens (including phenoxy) is 1. The van der Waals surface area contributed by atoms with Crippen LogP contribution in [0.5, 0.6) is 0 Å². The van der Waals surface area contributed by atoms with E-state index in [1.807, 2.05) is 24.8 Å². The van der Waals surface area contributed by atoms with E-state index in [4.69, 9.17) is 4.74 Å². The molecule has 0 heterocycles. The fourth-order valence-corrected chi connectivity index (χ4v) is 1.91. The molecule has 1 radical (unpaired) electrons. The van der Waals surface area contributed by atoms with Crippen LogP contribution >= 0.6 is 0 Å². The molecule has 0 aromatic heterocycles. The maximum Gasteiger partial charge on any atom is 0.113 e. The van der Waals surface area contributed by atoms with Crippen molar-refractivity contribution in [3.8, 4) is 0 Å². The van der Waals surface area contributed by atoms with Crippen LogP contribution in [0.25, 0.3) is 0 Å². The molecule has 0 aliphatic heterocycles. The molecule has 0 amide bonds. The lowest BCUT2D eigenvalue weighted by Gasteiger charge is -2.21. The summed E-state index contributed by atoms with van der Waals surface area (Å²) in [5, 5.41) is 0. The third-order valence-corrected chi connectivity index (χ3v) is 2.75. The minimum Gasteiger partial charge on any atom is -0.367 e. The Bertz CT molecular complexity index is 249. The van der Waals surface area contributed by atoms with E-state index in [-0.39, 0.29) is 0 Å². The molecule has 0 spiro atoms. The molecule has 1 saturated carbocycles. The van der Waals surface area contributed by atoms with E-state index in [2.05, 4.69) is 12.1 Å². The summed E-state index contributed by atoms with van der Waals surface area (Å²) in [6.07, 6.45) is 6.95. The average Bonchev–Trinajstić information content (AvgIpc) is 2.29. The van der Waals surface area contributed by atoms with Crippen molar-refractivity contribution in [3.05, 3.63) is 42.5 Å². The topological polar surface area (TPSA) is 9.23 Å². The summed E-state index contributed by atoms with van der Waals surface area (Å²) in [5.41, 5.74) is 1.16. The summed E-state index contributed by atoms with van der Waals surface area (Å²) in [4.78, 5) is 0. The lowest BCUT2D eigenvalue weighted by Crippen LogP contribution is -2.15. The van der Waals surface area contributed by atoms with E-state index in [1.165, 1.54) is 32.1 Å². The van der Waals surface area contributed by atoms with Crippen LogP contribution in [0.15, 0.2) is 30.3 Å². The van der Waals surface area contributed by atoms with E-state index in [0.717, 1.165) is 5.56 Å². The predicted molar refractivity (Wildman–Crippen MR) is 57.8 cm³/mol. The van der Waals surface area contributed by atoms with Gasteiger partial charge in [-0.25, -0.2) is 0 Å². The van der Waals surface area contributed by atoms with Gasteiger partial charge in [0.1, 0.15) is 6.61 Å². The zero-order valence-corrected chi connectivity index (χ0v) is 8.49. The Labute approximate surface area is 86.1 Å². The van der Waals surface area contributed by atoms with Crippen LogP contribution in [-0.4, -0.2) is 6.10 Å². The first-order valence-corrected chi connectivity index (χ1v) is 5.49. The first kappa shape index (κ1) is 9.72. The molecule has 1 aromatic rings. The van der Waals surface area contributed by atoms with Gasteiger partial charge in [-0.1, -0.05) is 49.6 Å². The van der Waals surface area contributed by atoms with Crippen molar-refractivity contribution in [1.29, 1.82) is 0 Å².